The molecule has 5 heteroatoms. The van der Waals surface area contributed by atoms with E-state index in [0.717, 1.165) is 21.3 Å². The van der Waals surface area contributed by atoms with E-state index in [1.807, 2.05) is 42.5 Å². The van der Waals surface area contributed by atoms with Crippen molar-refractivity contribution in [1.82, 2.24) is 0 Å². The van der Waals surface area contributed by atoms with Crippen LogP contribution in [0.15, 0.2) is 53.0 Å². The van der Waals surface area contributed by atoms with E-state index >= 15 is 0 Å². The molecule has 0 saturated heterocycles. The minimum atomic E-state index is -0.355. The fraction of sp³-hybridized carbons (Fsp3) is 0.167. The highest BCUT2D eigenvalue weighted by Crippen LogP contribution is 2.27. The molecule has 2 rings (SSSR count). The van der Waals surface area contributed by atoms with Crippen molar-refractivity contribution in [3.05, 3.63) is 69.2 Å². The van der Waals surface area contributed by atoms with Crippen LogP contribution in [0.2, 0.25) is 5.02 Å². The van der Waals surface area contributed by atoms with Crippen LogP contribution in [0, 0.1) is 0 Å². The summed E-state index contributed by atoms with van der Waals surface area (Å²) in [7, 11) is 0. The van der Waals surface area contributed by atoms with Gasteiger partial charge in [0.1, 0.15) is 12.4 Å². The van der Waals surface area contributed by atoms with Crippen molar-refractivity contribution in [2.45, 2.75) is 13.5 Å². The Morgan fingerprint density at radius 2 is 1.96 bits per heavy atom. The Morgan fingerprint density at radius 3 is 2.61 bits per heavy atom. The molecule has 0 bridgehead atoms. The van der Waals surface area contributed by atoms with Crippen LogP contribution in [0.1, 0.15) is 18.1 Å². The zero-order valence-electron chi connectivity index (χ0n) is 12.6. The summed E-state index contributed by atoms with van der Waals surface area (Å²) in [6.45, 7) is 2.59. The maximum atomic E-state index is 11.3. The Morgan fingerprint density at radius 1 is 1.22 bits per heavy atom. The lowest BCUT2D eigenvalue weighted by Crippen LogP contribution is -1.98. The number of esters is 1. The van der Waals surface area contributed by atoms with E-state index in [0.29, 0.717) is 18.2 Å². The Bertz CT molecular complexity index is 696. The number of ether oxygens (including phenoxy) is 2. The van der Waals surface area contributed by atoms with Gasteiger partial charge in [-0.2, -0.15) is 0 Å². The topological polar surface area (TPSA) is 35.5 Å². The molecular formula is C18H16BrClO3. The van der Waals surface area contributed by atoms with E-state index in [-0.39, 0.29) is 5.97 Å². The summed E-state index contributed by atoms with van der Waals surface area (Å²) in [6, 6.07) is 13.1. The molecule has 2 aromatic rings. The molecule has 120 valence electrons. The first-order valence-electron chi connectivity index (χ1n) is 7.10. The van der Waals surface area contributed by atoms with Gasteiger partial charge in [0.25, 0.3) is 0 Å². The first kappa shape index (κ1) is 17.6. The molecule has 0 aliphatic rings. The fourth-order valence-corrected chi connectivity index (χ4v) is 2.47. The Labute approximate surface area is 149 Å². The molecule has 0 aromatic heterocycles. The highest BCUT2D eigenvalue weighted by Gasteiger charge is 2.03. The smallest absolute Gasteiger partial charge is 0.330 e. The van der Waals surface area contributed by atoms with E-state index in [4.69, 9.17) is 21.1 Å². The van der Waals surface area contributed by atoms with Gasteiger partial charge >= 0.3 is 5.97 Å². The molecule has 0 saturated carbocycles. The highest BCUT2D eigenvalue weighted by molar-refractivity contribution is 9.10. The van der Waals surface area contributed by atoms with Gasteiger partial charge in [0.05, 0.1) is 11.1 Å². The maximum absolute atomic E-state index is 11.3. The second-order valence-corrected chi connectivity index (χ2v) is 5.98. The number of hydrogen-bond donors (Lipinski definition) is 0. The lowest BCUT2D eigenvalue weighted by atomic mass is 10.2. The fourth-order valence-electron chi connectivity index (χ4n) is 1.83. The average Bonchev–Trinajstić information content (AvgIpc) is 2.54. The van der Waals surface area contributed by atoms with E-state index in [1.54, 1.807) is 13.0 Å². The van der Waals surface area contributed by atoms with Gasteiger partial charge in [-0.25, -0.2) is 4.79 Å². The summed E-state index contributed by atoms with van der Waals surface area (Å²) >= 11 is 9.33. The third-order valence-corrected chi connectivity index (χ3v) is 3.83. The van der Waals surface area contributed by atoms with Gasteiger partial charge < -0.3 is 9.47 Å². The van der Waals surface area contributed by atoms with Crippen LogP contribution in [0.25, 0.3) is 6.08 Å². The van der Waals surface area contributed by atoms with Gasteiger partial charge in [-0.3, -0.25) is 0 Å². The van der Waals surface area contributed by atoms with Gasteiger partial charge in [-0.05, 0) is 64.3 Å². The molecule has 3 nitrogen and oxygen atoms in total. The van der Waals surface area contributed by atoms with E-state index in [9.17, 15) is 4.79 Å². The summed E-state index contributed by atoms with van der Waals surface area (Å²) in [5.41, 5.74) is 1.91. The summed E-state index contributed by atoms with van der Waals surface area (Å²) in [5.74, 6) is 0.375. The zero-order chi connectivity index (χ0) is 16.7. The number of rotatable bonds is 6. The number of halogens is 2. The molecule has 0 fully saturated rings. The SMILES string of the molecule is CCOC(=O)/C=C/c1ccc(OCc2ccc(Cl)cc2)c(Br)c1. The largest absolute Gasteiger partial charge is 0.488 e. The van der Waals surface area contributed by atoms with Crippen LogP contribution in [0.4, 0.5) is 0 Å². The van der Waals surface area contributed by atoms with Crippen LogP contribution in [0.3, 0.4) is 0 Å². The Kier molecular flexibility index (Phi) is 6.68. The van der Waals surface area contributed by atoms with Crippen molar-refractivity contribution in [3.63, 3.8) is 0 Å². The Balaban J connectivity index is 1.99. The molecule has 2 aromatic carbocycles. The third kappa shape index (κ3) is 5.73. The van der Waals surface area contributed by atoms with Crippen molar-refractivity contribution >= 4 is 39.6 Å². The van der Waals surface area contributed by atoms with Gasteiger partial charge in [-0.15, -0.1) is 0 Å². The monoisotopic (exact) mass is 394 g/mol. The molecule has 0 radical (unpaired) electrons. The van der Waals surface area contributed by atoms with Gasteiger partial charge in [0.15, 0.2) is 0 Å². The van der Waals surface area contributed by atoms with Gasteiger partial charge in [-0.1, -0.05) is 29.8 Å². The van der Waals surface area contributed by atoms with Gasteiger partial charge in [0, 0.05) is 11.1 Å². The minimum Gasteiger partial charge on any atom is -0.488 e. The lowest BCUT2D eigenvalue weighted by molar-refractivity contribution is -0.137. The molecule has 0 heterocycles. The lowest BCUT2D eigenvalue weighted by Gasteiger charge is -2.09. The second-order valence-electron chi connectivity index (χ2n) is 4.69. The van der Waals surface area contributed by atoms with Crippen molar-refractivity contribution in [3.8, 4) is 5.75 Å². The van der Waals surface area contributed by atoms with E-state index < -0.39 is 0 Å². The molecule has 0 N–H and O–H groups in total. The normalized spacial score (nSPS) is 10.7. The number of hydrogen-bond acceptors (Lipinski definition) is 3. The van der Waals surface area contributed by atoms with Crippen molar-refractivity contribution in [1.29, 1.82) is 0 Å². The van der Waals surface area contributed by atoms with Crippen LogP contribution in [0.5, 0.6) is 5.75 Å². The molecule has 0 aliphatic carbocycles. The second kappa shape index (κ2) is 8.75. The summed E-state index contributed by atoms with van der Waals surface area (Å²) in [6.07, 6.45) is 3.10. The van der Waals surface area contributed by atoms with E-state index in [2.05, 4.69) is 15.9 Å². The number of carbonyl (C=O) groups is 1. The molecule has 0 atom stereocenters. The van der Waals surface area contributed by atoms with Crippen molar-refractivity contribution in [2.24, 2.45) is 0 Å². The standard InChI is InChI=1S/C18H16BrClO3/c1-2-22-18(21)10-6-13-5-9-17(16(19)11-13)23-12-14-3-7-15(20)8-4-14/h3-11H,2,12H2,1H3/b10-6+. The molecule has 0 unspecified atom stereocenters. The first-order valence-corrected chi connectivity index (χ1v) is 8.27. The zero-order valence-corrected chi connectivity index (χ0v) is 14.9. The van der Waals surface area contributed by atoms with E-state index in [1.165, 1.54) is 6.08 Å². The minimum absolute atomic E-state index is 0.355. The predicted octanol–water partition coefficient (Wildman–Crippen LogP) is 5.26. The first-order chi connectivity index (χ1) is 11.1. The molecule has 0 aliphatic heterocycles. The van der Waals surface area contributed by atoms with Crippen LogP contribution in [-0.2, 0) is 16.1 Å². The molecule has 0 spiro atoms. The summed E-state index contributed by atoms with van der Waals surface area (Å²) in [5, 5.41) is 0.702. The molecular weight excluding hydrogens is 380 g/mol. The van der Waals surface area contributed by atoms with Crippen molar-refractivity contribution in [2.75, 3.05) is 6.61 Å². The maximum Gasteiger partial charge on any atom is 0.330 e. The molecule has 23 heavy (non-hydrogen) atoms. The van der Waals surface area contributed by atoms with Crippen LogP contribution in [-0.4, -0.2) is 12.6 Å². The quantitative estimate of drug-likeness (QED) is 0.494. The van der Waals surface area contributed by atoms with Crippen LogP contribution < -0.4 is 4.74 Å². The highest BCUT2D eigenvalue weighted by atomic mass is 79.9. The van der Waals surface area contributed by atoms with Crippen LogP contribution >= 0.6 is 27.5 Å². The number of carbonyl (C=O) groups excluding carboxylic acids is 1. The molecule has 0 amide bonds. The Hall–Kier alpha value is -1.78. The third-order valence-electron chi connectivity index (χ3n) is 2.96. The van der Waals surface area contributed by atoms with Gasteiger partial charge in [0.2, 0.25) is 0 Å². The average molecular weight is 396 g/mol. The van der Waals surface area contributed by atoms with Crippen molar-refractivity contribution < 1.29 is 14.3 Å². The number of benzene rings is 2. The predicted molar refractivity (Wildman–Crippen MR) is 95.6 cm³/mol. The summed E-state index contributed by atoms with van der Waals surface area (Å²) < 4.78 is 11.4. The summed E-state index contributed by atoms with van der Waals surface area (Å²) in [4.78, 5) is 11.3.